The van der Waals surface area contributed by atoms with Gasteiger partial charge in [-0.1, -0.05) is 68.0 Å². The molecule has 6 nitrogen and oxygen atoms in total. The van der Waals surface area contributed by atoms with Crippen LogP contribution in [0.4, 0.5) is 8.78 Å². The third-order valence-electron chi connectivity index (χ3n) is 11.0. The molecule has 5 unspecified atom stereocenters. The molecular formula is C42H53F2NO5. The van der Waals surface area contributed by atoms with Crippen molar-refractivity contribution in [2.75, 3.05) is 26.2 Å². The first kappa shape index (κ1) is 38.0. The van der Waals surface area contributed by atoms with Gasteiger partial charge in [-0.15, -0.1) is 0 Å². The first-order valence-electron chi connectivity index (χ1n) is 18.1. The van der Waals surface area contributed by atoms with E-state index < -0.39 is 40.6 Å². The maximum absolute atomic E-state index is 14.3. The average Bonchev–Trinajstić information content (AvgIpc) is 3.33. The van der Waals surface area contributed by atoms with Crippen molar-refractivity contribution < 1.29 is 33.6 Å². The van der Waals surface area contributed by atoms with Crippen molar-refractivity contribution in [2.45, 2.75) is 102 Å². The summed E-state index contributed by atoms with van der Waals surface area (Å²) >= 11 is 0. The van der Waals surface area contributed by atoms with E-state index in [4.69, 9.17) is 4.74 Å². The quantitative estimate of drug-likeness (QED) is 0.135. The summed E-state index contributed by atoms with van der Waals surface area (Å²) in [4.78, 5) is 16.3. The highest BCUT2D eigenvalue weighted by Gasteiger charge is 2.57. The summed E-state index contributed by atoms with van der Waals surface area (Å²) < 4.78 is 34.1. The van der Waals surface area contributed by atoms with Gasteiger partial charge in [0.1, 0.15) is 0 Å². The lowest BCUT2D eigenvalue weighted by atomic mass is 9.64. The van der Waals surface area contributed by atoms with Gasteiger partial charge in [0.2, 0.25) is 0 Å². The van der Waals surface area contributed by atoms with Gasteiger partial charge in [-0.2, -0.15) is 0 Å². The first-order chi connectivity index (χ1) is 23.9. The third kappa shape index (κ3) is 8.96. The van der Waals surface area contributed by atoms with E-state index in [0.717, 1.165) is 41.7 Å². The number of ketones is 1. The van der Waals surface area contributed by atoms with Crippen molar-refractivity contribution >= 4 is 5.78 Å². The number of hydrogen-bond donors (Lipinski definition) is 3. The van der Waals surface area contributed by atoms with Gasteiger partial charge in [0.25, 0.3) is 0 Å². The second kappa shape index (κ2) is 16.8. The van der Waals surface area contributed by atoms with Crippen LogP contribution in [0.25, 0.3) is 0 Å². The minimum atomic E-state index is -1.15. The normalized spacial score (nSPS) is 24.9. The summed E-state index contributed by atoms with van der Waals surface area (Å²) in [6, 6.07) is 18.7. The minimum Gasteiger partial charge on any atom is -0.393 e. The number of carbonyl (C=O) groups is 1. The van der Waals surface area contributed by atoms with Crippen LogP contribution >= 0.6 is 0 Å². The largest absolute Gasteiger partial charge is 0.393 e. The molecule has 50 heavy (non-hydrogen) atoms. The number of benzene rings is 3. The number of ether oxygens (including phenoxy) is 1. The summed E-state index contributed by atoms with van der Waals surface area (Å²) in [5.41, 5.74) is 2.42. The zero-order valence-electron chi connectivity index (χ0n) is 29.7. The summed E-state index contributed by atoms with van der Waals surface area (Å²) in [6.07, 6.45) is 5.87. The molecule has 6 rings (SSSR count). The third-order valence-corrected chi connectivity index (χ3v) is 11.0. The van der Waals surface area contributed by atoms with Crippen LogP contribution in [-0.4, -0.2) is 70.1 Å². The second-order valence-electron chi connectivity index (χ2n) is 14.8. The van der Waals surface area contributed by atoms with E-state index in [1.54, 1.807) is 6.07 Å². The Kier molecular flexibility index (Phi) is 12.8. The Morgan fingerprint density at radius 2 is 1.82 bits per heavy atom. The Morgan fingerprint density at radius 3 is 2.56 bits per heavy atom. The highest BCUT2D eigenvalue weighted by molar-refractivity contribution is 6.10. The molecule has 3 aromatic carbocycles. The average molecular weight is 690 g/mol. The van der Waals surface area contributed by atoms with Gasteiger partial charge < -0.3 is 20.1 Å². The molecule has 0 spiro atoms. The lowest BCUT2D eigenvalue weighted by molar-refractivity contribution is -0.0906. The molecule has 270 valence electrons. The summed E-state index contributed by atoms with van der Waals surface area (Å²) in [5.74, 6) is -2.73. The van der Waals surface area contributed by atoms with Crippen LogP contribution in [0.15, 0.2) is 78.4 Å². The lowest BCUT2D eigenvalue weighted by Crippen LogP contribution is -2.54. The molecule has 0 radical (unpaired) electrons. The number of nitrogens with zero attached hydrogens (tertiary/aromatic N) is 1. The fourth-order valence-corrected chi connectivity index (χ4v) is 8.15. The Bertz CT molecular complexity index is 1630. The highest BCUT2D eigenvalue weighted by Crippen LogP contribution is 2.59. The maximum Gasteiger partial charge on any atom is 0.193 e. The van der Waals surface area contributed by atoms with Crippen molar-refractivity contribution in [3.8, 4) is 0 Å². The van der Waals surface area contributed by atoms with Crippen molar-refractivity contribution in [2.24, 2.45) is 5.41 Å². The molecule has 5 atom stereocenters. The van der Waals surface area contributed by atoms with Crippen LogP contribution in [0.3, 0.4) is 0 Å². The molecule has 0 amide bonds. The zero-order chi connectivity index (χ0) is 35.9. The first-order valence-corrected chi connectivity index (χ1v) is 18.1. The van der Waals surface area contributed by atoms with Crippen LogP contribution in [0.1, 0.15) is 104 Å². The van der Waals surface area contributed by atoms with E-state index in [-0.39, 0.29) is 18.1 Å². The minimum absolute atomic E-state index is 0.0510. The van der Waals surface area contributed by atoms with Crippen molar-refractivity contribution in [3.05, 3.63) is 118 Å². The monoisotopic (exact) mass is 689 g/mol. The number of carbonyl (C=O) groups excluding carboxylic acids is 1. The van der Waals surface area contributed by atoms with E-state index in [1.165, 1.54) is 11.6 Å². The van der Waals surface area contributed by atoms with Crippen LogP contribution in [-0.2, 0) is 17.8 Å². The molecule has 1 fully saturated rings. The predicted octanol–water partition coefficient (Wildman–Crippen LogP) is 7.52. The van der Waals surface area contributed by atoms with Gasteiger partial charge in [0, 0.05) is 29.6 Å². The molecule has 3 aromatic rings. The Hall–Kier alpha value is -3.27. The van der Waals surface area contributed by atoms with Crippen LogP contribution in [0, 0.1) is 17.0 Å². The number of hydrogen-bond acceptors (Lipinski definition) is 6. The number of halogens is 2. The van der Waals surface area contributed by atoms with Gasteiger partial charge >= 0.3 is 0 Å². The molecule has 0 aliphatic heterocycles. The van der Waals surface area contributed by atoms with Crippen LogP contribution < -0.4 is 0 Å². The second-order valence-corrected chi connectivity index (χ2v) is 14.8. The topological polar surface area (TPSA) is 90.2 Å². The fourth-order valence-electron chi connectivity index (χ4n) is 8.15. The van der Waals surface area contributed by atoms with Gasteiger partial charge in [-0.3, -0.25) is 9.69 Å². The van der Waals surface area contributed by atoms with E-state index >= 15 is 0 Å². The fraction of sp³-hybridized carbons (Fsp3) is 0.500. The summed E-state index contributed by atoms with van der Waals surface area (Å²) in [7, 11) is 0. The van der Waals surface area contributed by atoms with Crippen molar-refractivity contribution in [1.29, 1.82) is 0 Å². The van der Waals surface area contributed by atoms with E-state index in [0.29, 0.717) is 70.3 Å². The van der Waals surface area contributed by atoms with Crippen LogP contribution in [0.2, 0.25) is 0 Å². The molecule has 0 heterocycles. The van der Waals surface area contributed by atoms with E-state index in [2.05, 4.69) is 31.7 Å². The Morgan fingerprint density at radius 1 is 1.04 bits per heavy atom. The van der Waals surface area contributed by atoms with E-state index in [9.17, 15) is 28.9 Å². The van der Waals surface area contributed by atoms with Gasteiger partial charge in [0.15, 0.2) is 17.4 Å². The number of aliphatic hydroxyl groups is 3. The Balaban J connectivity index is 1.46. The SMILES string of the molecule is CCCN(CC(O)COCc1ccccc1)CC1(O)CCC2c3ccc(cc3C(=O)c3ccc(F)c(F)c3)CC(O)CCC(C)=CCCC21C. The number of rotatable bonds is 12. The smallest absolute Gasteiger partial charge is 0.193 e. The molecule has 1 saturated carbocycles. The highest BCUT2D eigenvalue weighted by atomic mass is 19.2. The van der Waals surface area contributed by atoms with Gasteiger partial charge in [0.05, 0.1) is 31.0 Å². The van der Waals surface area contributed by atoms with E-state index in [1.807, 2.05) is 42.5 Å². The molecule has 0 aromatic heterocycles. The molecule has 3 aliphatic carbocycles. The molecule has 3 aliphatic rings. The lowest BCUT2D eigenvalue weighted by Gasteiger charge is -2.46. The Labute approximate surface area is 295 Å². The summed E-state index contributed by atoms with van der Waals surface area (Å²) in [6.45, 7) is 8.25. The molecule has 2 bridgehead atoms. The molecular weight excluding hydrogens is 636 g/mol. The van der Waals surface area contributed by atoms with Crippen molar-refractivity contribution in [1.82, 2.24) is 4.90 Å². The predicted molar refractivity (Wildman–Crippen MR) is 192 cm³/mol. The molecule has 0 saturated heterocycles. The van der Waals surface area contributed by atoms with Crippen LogP contribution in [0.5, 0.6) is 0 Å². The zero-order valence-corrected chi connectivity index (χ0v) is 29.7. The van der Waals surface area contributed by atoms with Gasteiger partial charge in [-0.05, 0) is 112 Å². The number of allylic oxidation sites excluding steroid dienone is 2. The molecule has 8 heteroatoms. The summed E-state index contributed by atoms with van der Waals surface area (Å²) in [5, 5.41) is 34.7. The number of aliphatic hydroxyl groups excluding tert-OH is 2. The standard InChI is InChI=1S/C42H53F2NO5/c1-4-21-45(25-34(47)27-50-26-30-10-6-5-7-11-30)28-42(49)20-18-37-35-16-13-31(22-33(46)15-12-29(2)9-8-19-41(37,42)3)23-36(35)40(48)32-14-17-38(43)39(44)24-32/h5-7,9-11,13-14,16-17,23-24,33-34,37,46-47,49H,4,8,12,15,18-22,25-28H2,1-3H3. The maximum atomic E-state index is 14.3. The number of fused-ring (bicyclic) bond motifs is 8. The molecule has 3 N–H and O–H groups in total. The van der Waals surface area contributed by atoms with Crippen molar-refractivity contribution in [3.63, 3.8) is 0 Å². The van der Waals surface area contributed by atoms with Gasteiger partial charge in [-0.25, -0.2) is 8.78 Å².